The number of hydrogen-bond acceptors (Lipinski definition) is 6. The second-order valence-electron chi connectivity index (χ2n) is 6.92. The monoisotopic (exact) mass is 411 g/mol. The van der Waals surface area contributed by atoms with Crippen molar-refractivity contribution >= 4 is 27.7 Å². The fraction of sp³-hybridized carbons (Fsp3) is 0.500. The molecular formula is C18H25N3O6S. The normalized spacial score (nSPS) is 17.8. The molecule has 28 heavy (non-hydrogen) atoms. The molecule has 0 unspecified atom stereocenters. The van der Waals surface area contributed by atoms with Crippen molar-refractivity contribution in [1.82, 2.24) is 16.0 Å². The summed E-state index contributed by atoms with van der Waals surface area (Å²) in [5.41, 5.74) is 1.07. The smallest absolute Gasteiger partial charge is 0.338 e. The van der Waals surface area contributed by atoms with Crippen molar-refractivity contribution in [1.29, 1.82) is 0 Å². The average Bonchev–Trinajstić information content (AvgIpc) is 2.96. The molecule has 2 rings (SSSR count). The summed E-state index contributed by atoms with van der Waals surface area (Å²) in [5, 5.41) is 7.95. The summed E-state index contributed by atoms with van der Waals surface area (Å²) < 4.78 is 27.7. The van der Waals surface area contributed by atoms with Gasteiger partial charge in [0.15, 0.2) is 16.4 Å². The minimum absolute atomic E-state index is 0.0346. The number of carbonyl (C=O) groups excluding carboxylic acids is 3. The Morgan fingerprint density at radius 3 is 2.43 bits per heavy atom. The zero-order chi connectivity index (χ0) is 20.7. The van der Waals surface area contributed by atoms with Gasteiger partial charge in [0.2, 0.25) is 0 Å². The van der Waals surface area contributed by atoms with Crippen LogP contribution in [0.25, 0.3) is 0 Å². The molecule has 1 aliphatic heterocycles. The van der Waals surface area contributed by atoms with Crippen molar-refractivity contribution in [2.45, 2.75) is 38.9 Å². The van der Waals surface area contributed by atoms with Gasteiger partial charge < -0.3 is 20.7 Å². The standard InChI is InChI=1S/C18H25N3O6S/c1-12(2)20-18(24)19-9-13-3-5-14(6-4-13)17(23)27-10-16(22)21-15-7-8-28(25,26)11-15/h3-6,12,15H,7-11H2,1-2H3,(H,21,22)(H2,19,20,24)/t15-/m1/s1. The molecule has 0 radical (unpaired) electrons. The Morgan fingerprint density at radius 1 is 1.18 bits per heavy atom. The molecule has 0 spiro atoms. The number of sulfone groups is 1. The summed E-state index contributed by atoms with van der Waals surface area (Å²) in [6, 6.07) is 5.76. The van der Waals surface area contributed by atoms with Crippen molar-refractivity contribution in [2.24, 2.45) is 0 Å². The van der Waals surface area contributed by atoms with Crippen LogP contribution in [0.4, 0.5) is 4.79 Å². The highest BCUT2D eigenvalue weighted by Crippen LogP contribution is 2.11. The molecule has 1 aromatic rings. The van der Waals surface area contributed by atoms with Crippen molar-refractivity contribution in [3.05, 3.63) is 35.4 Å². The lowest BCUT2D eigenvalue weighted by Crippen LogP contribution is -2.39. The van der Waals surface area contributed by atoms with Crippen molar-refractivity contribution < 1.29 is 27.5 Å². The number of esters is 1. The predicted molar refractivity (Wildman–Crippen MR) is 102 cm³/mol. The first-order valence-corrected chi connectivity index (χ1v) is 10.8. The van der Waals surface area contributed by atoms with Crippen LogP contribution in [0.3, 0.4) is 0 Å². The van der Waals surface area contributed by atoms with Crippen LogP contribution >= 0.6 is 0 Å². The summed E-state index contributed by atoms with van der Waals surface area (Å²) in [7, 11) is -3.09. The molecule has 1 aliphatic rings. The maximum absolute atomic E-state index is 12.0. The number of benzene rings is 1. The van der Waals surface area contributed by atoms with Gasteiger partial charge in [0.05, 0.1) is 17.1 Å². The quantitative estimate of drug-likeness (QED) is 0.555. The van der Waals surface area contributed by atoms with E-state index in [4.69, 9.17) is 4.74 Å². The van der Waals surface area contributed by atoms with Gasteiger partial charge in [-0.3, -0.25) is 4.79 Å². The second kappa shape index (κ2) is 9.54. The van der Waals surface area contributed by atoms with Gasteiger partial charge in [0.1, 0.15) is 0 Å². The number of hydrogen-bond donors (Lipinski definition) is 3. The van der Waals surface area contributed by atoms with Crippen LogP contribution in [0.15, 0.2) is 24.3 Å². The number of ether oxygens (including phenoxy) is 1. The van der Waals surface area contributed by atoms with E-state index < -0.39 is 34.4 Å². The number of amides is 3. The number of nitrogens with one attached hydrogen (secondary N) is 3. The van der Waals surface area contributed by atoms with E-state index in [1.165, 1.54) is 0 Å². The van der Waals surface area contributed by atoms with Gasteiger partial charge >= 0.3 is 12.0 Å². The van der Waals surface area contributed by atoms with E-state index in [9.17, 15) is 22.8 Å². The lowest BCUT2D eigenvalue weighted by molar-refractivity contribution is -0.124. The summed E-state index contributed by atoms with van der Waals surface area (Å²) in [5.74, 6) is -1.23. The van der Waals surface area contributed by atoms with Crippen LogP contribution in [-0.2, 0) is 25.9 Å². The van der Waals surface area contributed by atoms with E-state index in [0.717, 1.165) is 5.56 Å². The Labute approximate surface area is 164 Å². The average molecular weight is 411 g/mol. The third-order valence-corrected chi connectivity index (χ3v) is 5.76. The van der Waals surface area contributed by atoms with Gasteiger partial charge in [-0.05, 0) is 38.0 Å². The molecule has 1 heterocycles. The topological polar surface area (TPSA) is 131 Å². The van der Waals surface area contributed by atoms with Crippen LogP contribution in [0, 0.1) is 0 Å². The maximum Gasteiger partial charge on any atom is 0.338 e. The molecule has 1 aromatic carbocycles. The fourth-order valence-corrected chi connectivity index (χ4v) is 4.32. The van der Waals surface area contributed by atoms with Crippen LogP contribution in [0.1, 0.15) is 36.2 Å². The molecule has 3 amide bonds. The van der Waals surface area contributed by atoms with E-state index >= 15 is 0 Å². The molecule has 9 nitrogen and oxygen atoms in total. The molecule has 0 aromatic heterocycles. The van der Waals surface area contributed by atoms with Gasteiger partial charge in [-0.15, -0.1) is 0 Å². The second-order valence-corrected chi connectivity index (χ2v) is 9.15. The fourth-order valence-electron chi connectivity index (χ4n) is 2.65. The molecule has 0 saturated carbocycles. The van der Waals surface area contributed by atoms with Crippen LogP contribution < -0.4 is 16.0 Å². The van der Waals surface area contributed by atoms with Gasteiger partial charge in [-0.25, -0.2) is 18.0 Å². The Morgan fingerprint density at radius 2 is 1.86 bits per heavy atom. The third-order valence-electron chi connectivity index (χ3n) is 3.99. The van der Waals surface area contributed by atoms with Gasteiger partial charge in [0, 0.05) is 18.6 Å². The summed E-state index contributed by atoms with van der Waals surface area (Å²) in [4.78, 5) is 35.3. The van der Waals surface area contributed by atoms with E-state index in [-0.39, 0.29) is 29.1 Å². The zero-order valence-electron chi connectivity index (χ0n) is 15.9. The molecule has 1 fully saturated rings. The number of rotatable bonds is 7. The first kappa shape index (κ1) is 21.7. The first-order chi connectivity index (χ1) is 13.1. The molecular weight excluding hydrogens is 386 g/mol. The van der Waals surface area contributed by atoms with Crippen molar-refractivity contribution in [2.75, 3.05) is 18.1 Å². The summed E-state index contributed by atoms with van der Waals surface area (Å²) in [6.45, 7) is 3.54. The highest BCUT2D eigenvalue weighted by Gasteiger charge is 2.29. The minimum atomic E-state index is -3.09. The lowest BCUT2D eigenvalue weighted by atomic mass is 10.1. The Kier molecular flexibility index (Phi) is 7.38. The van der Waals surface area contributed by atoms with E-state index in [1.54, 1.807) is 24.3 Å². The van der Waals surface area contributed by atoms with Crippen LogP contribution in [0.2, 0.25) is 0 Å². The SMILES string of the molecule is CC(C)NC(=O)NCc1ccc(C(=O)OCC(=O)N[C@@H]2CCS(=O)(=O)C2)cc1. The molecule has 1 saturated heterocycles. The van der Waals surface area contributed by atoms with Crippen LogP contribution in [0.5, 0.6) is 0 Å². The largest absolute Gasteiger partial charge is 0.452 e. The predicted octanol–water partition coefficient (Wildman–Crippen LogP) is 0.354. The molecule has 1 atom stereocenters. The number of carbonyl (C=O) groups is 3. The molecule has 0 bridgehead atoms. The Balaban J connectivity index is 1.75. The van der Waals surface area contributed by atoms with Crippen molar-refractivity contribution in [3.63, 3.8) is 0 Å². The Hall–Kier alpha value is -2.62. The maximum atomic E-state index is 12.0. The Bertz CT molecular complexity index is 820. The summed E-state index contributed by atoms with van der Waals surface area (Å²) >= 11 is 0. The van der Waals surface area contributed by atoms with Gasteiger partial charge in [-0.2, -0.15) is 0 Å². The van der Waals surface area contributed by atoms with Crippen LogP contribution in [-0.4, -0.2) is 56.5 Å². The highest BCUT2D eigenvalue weighted by atomic mass is 32.2. The molecule has 0 aliphatic carbocycles. The molecule has 3 N–H and O–H groups in total. The first-order valence-electron chi connectivity index (χ1n) is 8.95. The minimum Gasteiger partial charge on any atom is -0.452 e. The van der Waals surface area contributed by atoms with E-state index in [1.807, 2.05) is 13.8 Å². The zero-order valence-corrected chi connectivity index (χ0v) is 16.7. The van der Waals surface area contributed by atoms with E-state index in [2.05, 4.69) is 16.0 Å². The highest BCUT2D eigenvalue weighted by molar-refractivity contribution is 7.91. The summed E-state index contributed by atoms with van der Waals surface area (Å²) in [6.07, 6.45) is 0.368. The van der Waals surface area contributed by atoms with E-state index in [0.29, 0.717) is 13.0 Å². The molecule has 10 heteroatoms. The van der Waals surface area contributed by atoms with Crippen molar-refractivity contribution in [3.8, 4) is 0 Å². The third kappa shape index (κ3) is 7.18. The lowest BCUT2D eigenvalue weighted by Gasteiger charge is -2.11. The number of urea groups is 1. The van der Waals surface area contributed by atoms with Gasteiger partial charge in [-0.1, -0.05) is 12.1 Å². The molecule has 154 valence electrons. The van der Waals surface area contributed by atoms with Gasteiger partial charge in [0.25, 0.3) is 5.91 Å².